The van der Waals surface area contributed by atoms with E-state index in [2.05, 4.69) is 43.5 Å². The third kappa shape index (κ3) is 38.6. The lowest BCUT2D eigenvalue weighted by Gasteiger charge is -2.48. The monoisotopic (exact) mass is 1360 g/mol. The molecule has 0 aliphatic carbocycles. The summed E-state index contributed by atoms with van der Waals surface area (Å²) in [5, 5.41) is 121. The molecule has 3 aliphatic heterocycles. The molecule has 1 amide bonds. The van der Waals surface area contributed by atoms with Crippen LogP contribution >= 0.6 is 0 Å². The molecule has 3 aliphatic rings. The summed E-state index contributed by atoms with van der Waals surface area (Å²) in [6.07, 6.45) is 43.0. The molecule has 3 fully saturated rings. The number of rotatable bonds is 61. The van der Waals surface area contributed by atoms with Crippen LogP contribution in [0, 0.1) is 0 Å². The predicted octanol–water partition coefficient (Wildman–Crippen LogP) is 11.9. The van der Waals surface area contributed by atoms with E-state index in [0.29, 0.717) is 12.8 Å². The van der Waals surface area contributed by atoms with Gasteiger partial charge in [-0.2, -0.15) is 0 Å². The van der Waals surface area contributed by atoms with E-state index in [-0.39, 0.29) is 18.9 Å². The van der Waals surface area contributed by atoms with Crippen LogP contribution in [0.1, 0.15) is 309 Å². The first-order chi connectivity index (χ1) is 46.3. The number of hydrogen-bond acceptors (Lipinski definition) is 18. The van der Waals surface area contributed by atoms with E-state index in [0.717, 1.165) is 38.5 Å². The maximum Gasteiger partial charge on any atom is 0.220 e. The second-order valence-electron chi connectivity index (χ2n) is 27.8. The molecule has 19 heteroatoms. The lowest BCUT2D eigenvalue weighted by molar-refractivity contribution is -0.379. The molecule has 0 aromatic carbocycles. The fourth-order valence-electron chi connectivity index (χ4n) is 13.1. The van der Waals surface area contributed by atoms with Crippen LogP contribution in [0.2, 0.25) is 0 Å². The molecule has 17 atom stereocenters. The molecule has 0 aromatic heterocycles. The molecule has 17 unspecified atom stereocenters. The van der Waals surface area contributed by atoms with Crippen LogP contribution in [0.3, 0.4) is 0 Å². The first-order valence-corrected chi connectivity index (χ1v) is 38.7. The Kier molecular flexibility index (Phi) is 52.9. The van der Waals surface area contributed by atoms with Crippen LogP contribution < -0.4 is 5.32 Å². The fraction of sp³-hybridized carbons (Fsp3) is 0.908. The number of unbranched alkanes of at least 4 members (excludes halogenated alkanes) is 41. The third-order valence-corrected chi connectivity index (χ3v) is 19.4. The Hall–Kier alpha value is -1.99. The molecule has 95 heavy (non-hydrogen) atoms. The lowest BCUT2D eigenvalue weighted by atomic mass is 9.96. The van der Waals surface area contributed by atoms with Gasteiger partial charge >= 0.3 is 0 Å². The molecular formula is C76H141NO18. The lowest BCUT2D eigenvalue weighted by Crippen LogP contribution is -2.66. The van der Waals surface area contributed by atoms with Gasteiger partial charge < -0.3 is 89.9 Å². The molecule has 0 aromatic rings. The quantitative estimate of drug-likeness (QED) is 0.0199. The minimum Gasteiger partial charge on any atom is -0.394 e. The van der Waals surface area contributed by atoms with Gasteiger partial charge in [-0.3, -0.25) is 4.79 Å². The van der Waals surface area contributed by atoms with Gasteiger partial charge in [0.25, 0.3) is 0 Å². The first-order valence-electron chi connectivity index (χ1n) is 38.7. The van der Waals surface area contributed by atoms with Crippen molar-refractivity contribution in [2.45, 2.75) is 413 Å². The van der Waals surface area contributed by atoms with Crippen LogP contribution in [-0.2, 0) is 33.2 Å². The zero-order valence-electron chi connectivity index (χ0n) is 59.4. The van der Waals surface area contributed by atoms with Gasteiger partial charge in [0.05, 0.1) is 38.6 Å². The summed E-state index contributed by atoms with van der Waals surface area (Å²) >= 11 is 0. The number of aliphatic hydroxyl groups is 11. The molecule has 0 radical (unpaired) electrons. The van der Waals surface area contributed by atoms with Crippen molar-refractivity contribution < 1.29 is 89.4 Å². The highest BCUT2D eigenvalue weighted by Crippen LogP contribution is 2.33. The van der Waals surface area contributed by atoms with Crippen molar-refractivity contribution in [1.82, 2.24) is 5.32 Å². The maximum atomic E-state index is 13.4. The Labute approximate surface area is 574 Å². The van der Waals surface area contributed by atoms with Crippen LogP contribution in [-0.4, -0.2) is 193 Å². The van der Waals surface area contributed by atoms with Crippen molar-refractivity contribution in [1.29, 1.82) is 0 Å². The van der Waals surface area contributed by atoms with Crippen LogP contribution in [0.15, 0.2) is 36.5 Å². The van der Waals surface area contributed by atoms with E-state index in [9.17, 15) is 61.0 Å². The Balaban J connectivity index is 1.33. The topological polar surface area (TPSA) is 307 Å². The highest BCUT2D eigenvalue weighted by molar-refractivity contribution is 5.76. The maximum absolute atomic E-state index is 13.4. The van der Waals surface area contributed by atoms with Crippen molar-refractivity contribution in [2.24, 2.45) is 0 Å². The average Bonchev–Trinajstić information content (AvgIpc) is 0.799. The number of allylic oxidation sites excluding steroid dienone is 5. The Morgan fingerprint density at radius 3 is 1.05 bits per heavy atom. The van der Waals surface area contributed by atoms with Gasteiger partial charge in [0.1, 0.15) is 73.2 Å². The standard InChI is InChI=1S/C76H141NO18/c1-3-5-7-9-11-13-15-17-19-20-21-22-23-24-25-26-27-28-29-30-31-32-33-34-35-36-37-38-40-42-44-46-48-50-52-54-64(82)77-59(60(81)53-51-49-47-45-43-41-39-18-16-14-12-10-8-6-4-2)58-90-74-70(88)67(85)72(62(56-79)92-74)95-76-71(89)68(86)73(63(57-80)93-76)94-75-69(87)66(84)65(83)61(55-78)91-75/h20-21,43,45,51,53,59-63,65-76,78-81,83-89H,3-19,22-42,44,46-50,52,54-58H2,1-2H3,(H,77,82)/b21-20-,45-43+,53-51+. The summed E-state index contributed by atoms with van der Waals surface area (Å²) < 4.78 is 34.4. The summed E-state index contributed by atoms with van der Waals surface area (Å²) in [6.45, 7) is 1.74. The number of nitrogens with one attached hydrogen (secondary N) is 1. The first kappa shape index (κ1) is 87.2. The molecule has 558 valence electrons. The molecule has 3 rings (SSSR count). The number of carbonyl (C=O) groups is 1. The Morgan fingerprint density at radius 1 is 0.368 bits per heavy atom. The zero-order chi connectivity index (χ0) is 68.9. The Morgan fingerprint density at radius 2 is 0.674 bits per heavy atom. The summed E-state index contributed by atoms with van der Waals surface area (Å²) in [5.74, 6) is -0.280. The second-order valence-corrected chi connectivity index (χ2v) is 27.8. The van der Waals surface area contributed by atoms with Gasteiger partial charge in [0.15, 0.2) is 18.9 Å². The predicted molar refractivity (Wildman–Crippen MR) is 374 cm³/mol. The van der Waals surface area contributed by atoms with Crippen molar-refractivity contribution in [3.05, 3.63) is 36.5 Å². The highest BCUT2D eigenvalue weighted by atomic mass is 16.8. The number of hydrogen-bond donors (Lipinski definition) is 12. The molecule has 19 nitrogen and oxygen atoms in total. The van der Waals surface area contributed by atoms with Crippen molar-refractivity contribution in [2.75, 3.05) is 26.4 Å². The van der Waals surface area contributed by atoms with Crippen LogP contribution in [0.25, 0.3) is 0 Å². The average molecular weight is 1360 g/mol. The zero-order valence-corrected chi connectivity index (χ0v) is 59.4. The van der Waals surface area contributed by atoms with Crippen LogP contribution in [0.4, 0.5) is 0 Å². The van der Waals surface area contributed by atoms with Crippen molar-refractivity contribution in [3.63, 3.8) is 0 Å². The molecular weight excluding hydrogens is 1210 g/mol. The number of amides is 1. The molecule has 0 spiro atoms. The van der Waals surface area contributed by atoms with Gasteiger partial charge in [-0.15, -0.1) is 0 Å². The fourth-order valence-corrected chi connectivity index (χ4v) is 13.1. The number of carbonyl (C=O) groups excluding carboxylic acids is 1. The summed E-state index contributed by atoms with van der Waals surface area (Å²) in [6, 6.07) is -0.988. The molecule has 12 N–H and O–H groups in total. The van der Waals surface area contributed by atoms with Gasteiger partial charge in [0, 0.05) is 6.42 Å². The largest absolute Gasteiger partial charge is 0.394 e. The summed E-state index contributed by atoms with van der Waals surface area (Å²) in [7, 11) is 0. The van der Waals surface area contributed by atoms with Gasteiger partial charge in [-0.25, -0.2) is 0 Å². The van der Waals surface area contributed by atoms with E-state index < -0.39 is 124 Å². The van der Waals surface area contributed by atoms with Crippen LogP contribution in [0.5, 0.6) is 0 Å². The van der Waals surface area contributed by atoms with E-state index >= 15 is 0 Å². The Bertz CT molecular complexity index is 1860. The summed E-state index contributed by atoms with van der Waals surface area (Å²) in [5.41, 5.74) is 0. The molecule has 0 bridgehead atoms. The van der Waals surface area contributed by atoms with Gasteiger partial charge in [-0.1, -0.05) is 281 Å². The highest BCUT2D eigenvalue weighted by Gasteiger charge is 2.53. The van der Waals surface area contributed by atoms with E-state index in [1.807, 2.05) is 6.08 Å². The van der Waals surface area contributed by atoms with E-state index in [1.165, 1.54) is 238 Å². The van der Waals surface area contributed by atoms with E-state index in [1.54, 1.807) is 6.08 Å². The SMILES string of the molecule is CCCCCCCCCC/C=C\CCCCCCCCCCCCCCCCCCCCCCCCCC(=O)NC(COC1OC(CO)C(OC2OC(CO)C(OC3OC(CO)C(O)C(O)C3O)C(O)C2O)C(O)C1O)C(O)/C=C/CC/C=C/CCCCCCCCCCC. The smallest absolute Gasteiger partial charge is 0.220 e. The van der Waals surface area contributed by atoms with Gasteiger partial charge in [0.2, 0.25) is 5.91 Å². The number of ether oxygens (including phenoxy) is 6. The molecule has 3 saturated heterocycles. The molecule has 0 saturated carbocycles. The van der Waals surface area contributed by atoms with Crippen molar-refractivity contribution in [3.8, 4) is 0 Å². The minimum absolute atomic E-state index is 0.239. The number of aliphatic hydroxyl groups excluding tert-OH is 11. The van der Waals surface area contributed by atoms with Crippen molar-refractivity contribution >= 4 is 5.91 Å². The second kappa shape index (κ2) is 57.6. The minimum atomic E-state index is -1.98. The summed E-state index contributed by atoms with van der Waals surface area (Å²) in [4.78, 5) is 13.4. The molecule has 3 heterocycles. The normalized spacial score (nSPS) is 27.4. The third-order valence-electron chi connectivity index (χ3n) is 19.4. The van der Waals surface area contributed by atoms with E-state index in [4.69, 9.17) is 28.4 Å². The van der Waals surface area contributed by atoms with Gasteiger partial charge in [-0.05, 0) is 57.8 Å².